The molecule has 0 saturated heterocycles. The van der Waals surface area contributed by atoms with Gasteiger partial charge in [-0.3, -0.25) is 5.10 Å². The highest BCUT2D eigenvalue weighted by Gasteiger charge is 2.06. The minimum Gasteiger partial charge on any atom is -0.439 e. The lowest BCUT2D eigenvalue weighted by Crippen LogP contribution is -2.28. The smallest absolute Gasteiger partial charge is 0.319 e. The second-order valence-electron chi connectivity index (χ2n) is 5.86. The van der Waals surface area contributed by atoms with Crippen molar-refractivity contribution >= 4 is 22.8 Å². The number of nitrogens with one attached hydrogen (secondary N) is 3. The summed E-state index contributed by atoms with van der Waals surface area (Å²) in [4.78, 5) is 20.6. The second kappa shape index (κ2) is 7.70. The predicted octanol–water partition coefficient (Wildman–Crippen LogP) is 3.61. The fourth-order valence-electron chi connectivity index (χ4n) is 2.49. The number of urea groups is 1. The van der Waals surface area contributed by atoms with Gasteiger partial charge < -0.3 is 15.4 Å². The van der Waals surface area contributed by atoms with E-state index in [4.69, 9.17) is 4.74 Å². The lowest BCUT2D eigenvalue weighted by atomic mass is 10.3. The maximum absolute atomic E-state index is 13.0. The number of rotatable bonds is 5. The van der Waals surface area contributed by atoms with Crippen LogP contribution in [0.4, 0.5) is 14.9 Å². The number of aromatic amines is 1. The number of hydrogen-bond donors (Lipinski definition) is 3. The number of hydrogen-bond acceptors (Lipinski definition) is 5. The minimum absolute atomic E-state index is 0.202. The SMILES string of the molecule is O=C(NCc1cccc(Oc2ccc(F)cc2)n1)Nc1cnc2[nH]ncc2c1. The molecule has 0 radical (unpaired) electrons. The summed E-state index contributed by atoms with van der Waals surface area (Å²) in [5.41, 5.74) is 1.80. The van der Waals surface area contributed by atoms with Crippen molar-refractivity contribution in [2.24, 2.45) is 0 Å². The van der Waals surface area contributed by atoms with E-state index < -0.39 is 6.03 Å². The number of aromatic nitrogens is 4. The van der Waals surface area contributed by atoms with Crippen LogP contribution in [0.25, 0.3) is 11.0 Å². The molecule has 1 aromatic carbocycles. The van der Waals surface area contributed by atoms with Gasteiger partial charge in [-0.2, -0.15) is 5.10 Å². The Kier molecular flexibility index (Phi) is 4.79. The van der Waals surface area contributed by atoms with Gasteiger partial charge in [-0.25, -0.2) is 19.2 Å². The van der Waals surface area contributed by atoms with Gasteiger partial charge in [-0.15, -0.1) is 0 Å². The Labute approximate surface area is 158 Å². The first-order valence-corrected chi connectivity index (χ1v) is 8.39. The third kappa shape index (κ3) is 4.21. The number of benzene rings is 1. The van der Waals surface area contributed by atoms with Crippen molar-refractivity contribution in [3.63, 3.8) is 0 Å². The van der Waals surface area contributed by atoms with Crippen molar-refractivity contribution < 1.29 is 13.9 Å². The van der Waals surface area contributed by atoms with Gasteiger partial charge in [0.2, 0.25) is 5.88 Å². The van der Waals surface area contributed by atoms with E-state index in [1.807, 2.05) is 0 Å². The third-order valence-electron chi connectivity index (χ3n) is 3.80. The number of pyridine rings is 2. The van der Waals surface area contributed by atoms with Gasteiger partial charge in [0.25, 0.3) is 0 Å². The van der Waals surface area contributed by atoms with E-state index in [0.717, 1.165) is 5.39 Å². The third-order valence-corrected chi connectivity index (χ3v) is 3.80. The summed E-state index contributed by atoms with van der Waals surface area (Å²) < 4.78 is 18.5. The summed E-state index contributed by atoms with van der Waals surface area (Å²) in [6.45, 7) is 0.202. The number of ether oxygens (including phenoxy) is 1. The number of anilines is 1. The lowest BCUT2D eigenvalue weighted by molar-refractivity contribution is 0.251. The van der Waals surface area contributed by atoms with Crippen LogP contribution >= 0.6 is 0 Å². The molecule has 0 fully saturated rings. The number of nitrogens with zero attached hydrogens (tertiary/aromatic N) is 3. The molecular formula is C19H15FN6O2. The maximum Gasteiger partial charge on any atom is 0.319 e. The van der Waals surface area contributed by atoms with Crippen molar-refractivity contribution in [1.29, 1.82) is 0 Å². The number of carbonyl (C=O) groups is 1. The van der Waals surface area contributed by atoms with Gasteiger partial charge in [-0.05, 0) is 36.4 Å². The molecule has 2 amide bonds. The molecule has 0 aliphatic heterocycles. The van der Waals surface area contributed by atoms with Crippen LogP contribution in [0.5, 0.6) is 11.6 Å². The summed E-state index contributed by atoms with van der Waals surface area (Å²) in [6, 6.07) is 12.2. The molecule has 0 bridgehead atoms. The number of carbonyl (C=O) groups excluding carboxylic acids is 1. The average Bonchev–Trinajstić information content (AvgIpc) is 3.16. The van der Waals surface area contributed by atoms with Crippen molar-refractivity contribution in [2.75, 3.05) is 5.32 Å². The first-order chi connectivity index (χ1) is 13.7. The van der Waals surface area contributed by atoms with Gasteiger partial charge in [0, 0.05) is 11.5 Å². The lowest BCUT2D eigenvalue weighted by Gasteiger charge is -2.09. The summed E-state index contributed by atoms with van der Waals surface area (Å²) in [6.07, 6.45) is 3.16. The van der Waals surface area contributed by atoms with E-state index in [2.05, 4.69) is 30.8 Å². The summed E-state index contributed by atoms with van der Waals surface area (Å²) in [5.74, 6) is 0.478. The molecule has 0 spiro atoms. The van der Waals surface area contributed by atoms with E-state index in [-0.39, 0.29) is 12.4 Å². The van der Waals surface area contributed by atoms with E-state index in [0.29, 0.717) is 28.7 Å². The summed E-state index contributed by atoms with van der Waals surface area (Å²) in [5, 5.41) is 12.8. The minimum atomic E-state index is -0.392. The van der Waals surface area contributed by atoms with Gasteiger partial charge in [-0.1, -0.05) is 6.07 Å². The van der Waals surface area contributed by atoms with E-state index >= 15 is 0 Å². The fraction of sp³-hybridized carbons (Fsp3) is 0.0526. The molecule has 3 heterocycles. The second-order valence-corrected chi connectivity index (χ2v) is 5.86. The Bertz CT molecular complexity index is 1110. The molecule has 0 aliphatic carbocycles. The van der Waals surface area contributed by atoms with Gasteiger partial charge in [0.15, 0.2) is 5.65 Å². The number of amides is 2. The highest BCUT2D eigenvalue weighted by atomic mass is 19.1. The molecule has 0 aliphatic rings. The Morgan fingerprint density at radius 1 is 1.14 bits per heavy atom. The van der Waals surface area contributed by atoms with E-state index in [9.17, 15) is 9.18 Å². The first kappa shape index (κ1) is 17.4. The molecule has 4 rings (SSSR count). The molecule has 3 N–H and O–H groups in total. The quantitative estimate of drug-likeness (QED) is 0.492. The van der Waals surface area contributed by atoms with Crippen LogP contribution in [0, 0.1) is 5.82 Å². The van der Waals surface area contributed by atoms with E-state index in [1.165, 1.54) is 30.5 Å². The zero-order valence-electron chi connectivity index (χ0n) is 14.5. The standard InChI is InChI=1S/C19H15FN6O2/c20-13-4-6-16(7-5-13)28-17-3-1-2-14(24-17)10-22-19(27)25-15-8-12-9-23-26-18(12)21-11-15/h1-9,11H,10H2,(H,21,23,26)(H2,22,25,27). The first-order valence-electron chi connectivity index (χ1n) is 8.39. The molecule has 0 unspecified atom stereocenters. The van der Waals surface area contributed by atoms with Crippen LogP contribution in [0.3, 0.4) is 0 Å². The molecule has 8 nitrogen and oxygen atoms in total. The van der Waals surface area contributed by atoms with Crippen molar-refractivity contribution in [3.05, 3.63) is 72.4 Å². The molecule has 4 aromatic rings. The molecule has 28 heavy (non-hydrogen) atoms. The summed E-state index contributed by atoms with van der Waals surface area (Å²) >= 11 is 0. The van der Waals surface area contributed by atoms with Crippen molar-refractivity contribution in [1.82, 2.24) is 25.5 Å². The molecule has 140 valence electrons. The molecule has 0 saturated carbocycles. The zero-order chi connectivity index (χ0) is 19.3. The van der Waals surface area contributed by atoms with Crippen LogP contribution in [-0.4, -0.2) is 26.2 Å². The van der Waals surface area contributed by atoms with Crippen LogP contribution < -0.4 is 15.4 Å². The summed E-state index contributed by atoms with van der Waals surface area (Å²) in [7, 11) is 0. The Balaban J connectivity index is 1.34. The Hall–Kier alpha value is -4.01. The molecule has 3 aromatic heterocycles. The number of halogens is 1. The van der Waals surface area contributed by atoms with E-state index in [1.54, 1.807) is 30.5 Å². The Morgan fingerprint density at radius 2 is 2.00 bits per heavy atom. The highest BCUT2D eigenvalue weighted by Crippen LogP contribution is 2.19. The average molecular weight is 378 g/mol. The molecule has 9 heteroatoms. The largest absolute Gasteiger partial charge is 0.439 e. The van der Waals surface area contributed by atoms with Crippen molar-refractivity contribution in [2.45, 2.75) is 6.54 Å². The zero-order valence-corrected chi connectivity index (χ0v) is 14.5. The number of fused-ring (bicyclic) bond motifs is 1. The topological polar surface area (TPSA) is 105 Å². The van der Waals surface area contributed by atoms with Gasteiger partial charge >= 0.3 is 6.03 Å². The van der Waals surface area contributed by atoms with Crippen LogP contribution in [0.1, 0.15) is 5.69 Å². The maximum atomic E-state index is 13.0. The van der Waals surface area contributed by atoms with Gasteiger partial charge in [0.1, 0.15) is 11.6 Å². The normalized spacial score (nSPS) is 10.6. The number of H-pyrrole nitrogens is 1. The van der Waals surface area contributed by atoms with Crippen LogP contribution in [0.2, 0.25) is 0 Å². The predicted molar refractivity (Wildman–Crippen MR) is 100 cm³/mol. The fourth-order valence-corrected chi connectivity index (χ4v) is 2.49. The van der Waals surface area contributed by atoms with Crippen LogP contribution in [0.15, 0.2) is 60.9 Å². The molecule has 0 atom stereocenters. The van der Waals surface area contributed by atoms with Gasteiger partial charge in [0.05, 0.1) is 30.3 Å². The van der Waals surface area contributed by atoms with Crippen molar-refractivity contribution in [3.8, 4) is 11.6 Å². The molecular weight excluding hydrogens is 363 g/mol. The Morgan fingerprint density at radius 3 is 2.86 bits per heavy atom. The monoisotopic (exact) mass is 378 g/mol. The van der Waals surface area contributed by atoms with Crippen LogP contribution in [-0.2, 0) is 6.54 Å². The highest BCUT2D eigenvalue weighted by molar-refractivity contribution is 5.91.